The molecule has 1 fully saturated rings. The summed E-state index contributed by atoms with van der Waals surface area (Å²) in [7, 11) is 0. The smallest absolute Gasteiger partial charge is 0.337 e. The molecule has 150 valence electrons. The zero-order valence-electron chi connectivity index (χ0n) is 15.7. The first-order chi connectivity index (χ1) is 13.3. The van der Waals surface area contributed by atoms with E-state index in [-0.39, 0.29) is 11.6 Å². The van der Waals surface area contributed by atoms with Crippen molar-refractivity contribution in [2.45, 2.75) is 25.9 Å². The lowest BCUT2D eigenvalue weighted by Gasteiger charge is -2.35. The van der Waals surface area contributed by atoms with Crippen molar-refractivity contribution in [2.75, 3.05) is 36.4 Å². The first kappa shape index (κ1) is 19.9. The first-order valence-electron chi connectivity index (χ1n) is 9.05. The second-order valence-corrected chi connectivity index (χ2v) is 6.88. The van der Waals surface area contributed by atoms with Crippen molar-refractivity contribution < 1.29 is 18.0 Å². The molecule has 1 saturated heterocycles. The summed E-state index contributed by atoms with van der Waals surface area (Å²) < 4.78 is 39.3. The van der Waals surface area contributed by atoms with Gasteiger partial charge in [0.25, 0.3) is 0 Å². The molecule has 1 aliphatic heterocycles. The number of carbonyl (C=O) groups excluding carboxylic acids is 1. The number of amides is 2. The number of anilines is 2. The Bertz CT molecular complexity index is 832. The zero-order valence-corrected chi connectivity index (χ0v) is 15.7. The van der Waals surface area contributed by atoms with Gasteiger partial charge in [0, 0.05) is 38.1 Å². The molecule has 1 aliphatic rings. The molecule has 0 unspecified atom stereocenters. The largest absolute Gasteiger partial charge is 0.418 e. The fourth-order valence-corrected chi connectivity index (χ4v) is 2.98. The average molecular weight is 393 g/mol. The number of nitrogens with one attached hydrogen (secondary N) is 1. The summed E-state index contributed by atoms with van der Waals surface area (Å²) in [6.45, 7) is 5.86. The van der Waals surface area contributed by atoms with Crippen molar-refractivity contribution in [1.29, 1.82) is 0 Å². The summed E-state index contributed by atoms with van der Waals surface area (Å²) in [5.74, 6) is 0.885. The van der Waals surface area contributed by atoms with Gasteiger partial charge in [0.1, 0.15) is 0 Å². The monoisotopic (exact) mass is 393 g/mol. The predicted octanol–water partition coefficient (Wildman–Crippen LogP) is 3.97. The van der Waals surface area contributed by atoms with Crippen LogP contribution >= 0.6 is 0 Å². The van der Waals surface area contributed by atoms with Crippen LogP contribution in [0.25, 0.3) is 0 Å². The number of nitrogens with zero attached hydrogens (tertiary/aromatic N) is 4. The molecule has 28 heavy (non-hydrogen) atoms. The number of halogens is 3. The lowest BCUT2D eigenvalue weighted by molar-refractivity contribution is -0.136. The van der Waals surface area contributed by atoms with E-state index >= 15 is 0 Å². The Morgan fingerprint density at radius 3 is 2.43 bits per heavy atom. The fourth-order valence-electron chi connectivity index (χ4n) is 2.98. The summed E-state index contributed by atoms with van der Waals surface area (Å²) in [5, 5.41) is 2.38. The molecule has 1 aromatic heterocycles. The third-order valence-electron chi connectivity index (χ3n) is 4.58. The standard InChI is InChI=1S/C19H22F3N5O/c1-13(2)15-7-8-23-17(24-15)26-9-11-27(12-10-26)18(28)25-16-6-4-3-5-14(16)19(20,21)22/h3-8,13H,9-12H2,1-2H3,(H,25,28). The van der Waals surface area contributed by atoms with E-state index in [9.17, 15) is 18.0 Å². The Morgan fingerprint density at radius 1 is 1.11 bits per heavy atom. The minimum absolute atomic E-state index is 0.240. The molecule has 0 saturated carbocycles. The topological polar surface area (TPSA) is 61.4 Å². The maximum Gasteiger partial charge on any atom is 0.418 e. The Balaban J connectivity index is 1.63. The van der Waals surface area contributed by atoms with Crippen molar-refractivity contribution >= 4 is 17.7 Å². The number of alkyl halides is 3. The number of carbonyl (C=O) groups is 1. The van der Waals surface area contributed by atoms with Gasteiger partial charge in [0.15, 0.2) is 0 Å². The van der Waals surface area contributed by atoms with Crippen LogP contribution < -0.4 is 10.2 Å². The Kier molecular flexibility index (Phi) is 5.71. The van der Waals surface area contributed by atoms with Crippen molar-refractivity contribution in [3.05, 3.63) is 47.8 Å². The van der Waals surface area contributed by atoms with Crippen LogP contribution in [0.1, 0.15) is 31.0 Å². The summed E-state index contributed by atoms with van der Waals surface area (Å²) in [6.07, 6.45) is -2.81. The van der Waals surface area contributed by atoms with Crippen LogP contribution in [-0.2, 0) is 6.18 Å². The third kappa shape index (κ3) is 4.52. The Morgan fingerprint density at radius 2 is 1.79 bits per heavy atom. The molecule has 0 bridgehead atoms. The summed E-state index contributed by atoms with van der Waals surface area (Å²) in [5.41, 5.74) is -0.162. The molecule has 0 aliphatic carbocycles. The van der Waals surface area contributed by atoms with E-state index in [1.165, 1.54) is 23.1 Å². The first-order valence-corrected chi connectivity index (χ1v) is 9.05. The summed E-state index contributed by atoms with van der Waals surface area (Å²) in [6, 6.07) is 6.28. The van der Waals surface area contributed by atoms with Gasteiger partial charge in [-0.3, -0.25) is 0 Å². The van der Waals surface area contributed by atoms with E-state index in [0.717, 1.165) is 11.8 Å². The molecule has 1 N–H and O–H groups in total. The van der Waals surface area contributed by atoms with Crippen LogP contribution in [0.3, 0.4) is 0 Å². The van der Waals surface area contributed by atoms with Gasteiger partial charge in [-0.2, -0.15) is 13.2 Å². The van der Waals surface area contributed by atoms with Gasteiger partial charge in [0.2, 0.25) is 5.95 Å². The highest BCUT2D eigenvalue weighted by atomic mass is 19.4. The van der Waals surface area contributed by atoms with E-state index in [0.29, 0.717) is 32.1 Å². The van der Waals surface area contributed by atoms with Gasteiger partial charge < -0.3 is 15.1 Å². The van der Waals surface area contributed by atoms with Crippen LogP contribution in [0.15, 0.2) is 36.5 Å². The van der Waals surface area contributed by atoms with E-state index in [1.54, 1.807) is 6.20 Å². The second-order valence-electron chi connectivity index (χ2n) is 6.88. The molecule has 6 nitrogen and oxygen atoms in total. The number of hydrogen-bond donors (Lipinski definition) is 1. The quantitative estimate of drug-likeness (QED) is 0.857. The highest BCUT2D eigenvalue weighted by molar-refractivity contribution is 5.90. The maximum atomic E-state index is 13.1. The van der Waals surface area contributed by atoms with E-state index < -0.39 is 17.8 Å². The van der Waals surface area contributed by atoms with Crippen LogP contribution in [0, 0.1) is 0 Å². The molecule has 2 aromatic rings. The number of hydrogen-bond acceptors (Lipinski definition) is 4. The van der Waals surface area contributed by atoms with Gasteiger partial charge in [-0.05, 0) is 24.1 Å². The molecule has 1 aromatic carbocycles. The zero-order chi connectivity index (χ0) is 20.3. The van der Waals surface area contributed by atoms with Crippen LogP contribution in [-0.4, -0.2) is 47.1 Å². The highest BCUT2D eigenvalue weighted by Gasteiger charge is 2.34. The minimum Gasteiger partial charge on any atom is -0.337 e. The molecule has 3 rings (SSSR count). The van der Waals surface area contributed by atoms with Gasteiger partial charge in [-0.15, -0.1) is 0 Å². The highest BCUT2D eigenvalue weighted by Crippen LogP contribution is 2.34. The Labute approximate surface area is 161 Å². The molecule has 0 atom stereocenters. The lowest BCUT2D eigenvalue weighted by atomic mass is 10.1. The molecule has 2 heterocycles. The van der Waals surface area contributed by atoms with E-state index in [4.69, 9.17) is 0 Å². The van der Waals surface area contributed by atoms with E-state index in [2.05, 4.69) is 15.3 Å². The SMILES string of the molecule is CC(C)c1ccnc(N2CCN(C(=O)Nc3ccccc3C(F)(F)F)CC2)n1. The van der Waals surface area contributed by atoms with Crippen molar-refractivity contribution in [3.8, 4) is 0 Å². The number of benzene rings is 1. The molecular weight excluding hydrogens is 371 g/mol. The lowest BCUT2D eigenvalue weighted by Crippen LogP contribution is -2.50. The minimum atomic E-state index is -4.53. The second kappa shape index (κ2) is 8.04. The molecule has 2 amide bonds. The van der Waals surface area contributed by atoms with Crippen LogP contribution in [0.2, 0.25) is 0 Å². The van der Waals surface area contributed by atoms with Gasteiger partial charge in [-0.1, -0.05) is 26.0 Å². The number of urea groups is 1. The molecular formula is C19H22F3N5O. The number of piperazine rings is 1. The van der Waals surface area contributed by atoms with Crippen LogP contribution in [0.5, 0.6) is 0 Å². The van der Waals surface area contributed by atoms with Gasteiger partial charge in [0.05, 0.1) is 11.3 Å². The number of para-hydroxylation sites is 1. The number of aromatic nitrogens is 2. The van der Waals surface area contributed by atoms with Crippen LogP contribution in [0.4, 0.5) is 29.6 Å². The molecule has 0 radical (unpaired) electrons. The third-order valence-corrected chi connectivity index (χ3v) is 4.58. The molecule has 0 spiro atoms. The maximum absolute atomic E-state index is 13.1. The van der Waals surface area contributed by atoms with Crippen molar-refractivity contribution in [2.24, 2.45) is 0 Å². The van der Waals surface area contributed by atoms with Gasteiger partial charge in [-0.25, -0.2) is 14.8 Å². The fraction of sp³-hybridized carbons (Fsp3) is 0.421. The Hall–Kier alpha value is -2.84. The average Bonchev–Trinajstić information content (AvgIpc) is 2.68. The van der Waals surface area contributed by atoms with Crippen molar-refractivity contribution in [3.63, 3.8) is 0 Å². The normalized spacial score (nSPS) is 15.1. The van der Waals surface area contributed by atoms with E-state index in [1.807, 2.05) is 24.8 Å². The summed E-state index contributed by atoms with van der Waals surface area (Å²) >= 11 is 0. The number of rotatable bonds is 3. The van der Waals surface area contributed by atoms with Crippen molar-refractivity contribution in [1.82, 2.24) is 14.9 Å². The van der Waals surface area contributed by atoms with Gasteiger partial charge >= 0.3 is 12.2 Å². The summed E-state index contributed by atoms with van der Waals surface area (Å²) in [4.78, 5) is 24.7. The predicted molar refractivity (Wildman–Crippen MR) is 100 cm³/mol. The molecule has 9 heteroatoms.